The summed E-state index contributed by atoms with van der Waals surface area (Å²) in [7, 11) is 0. The van der Waals surface area contributed by atoms with Crippen LogP contribution in [0.25, 0.3) is 0 Å². The molecule has 1 rings (SSSR count). The van der Waals surface area contributed by atoms with Gasteiger partial charge in [-0.2, -0.15) is 13.2 Å². The maximum atomic E-state index is 12.5. The highest BCUT2D eigenvalue weighted by Gasteiger charge is 2.35. The summed E-state index contributed by atoms with van der Waals surface area (Å²) in [5.74, 6) is -1.66. The minimum absolute atomic E-state index is 0.189. The van der Waals surface area contributed by atoms with Crippen LogP contribution in [0.5, 0.6) is 0 Å². The Morgan fingerprint density at radius 2 is 2.18 bits per heavy atom. The van der Waals surface area contributed by atoms with Gasteiger partial charge in [0.1, 0.15) is 11.4 Å². The number of aliphatic carboxylic acids is 1. The number of anilines is 1. The van der Waals surface area contributed by atoms with Gasteiger partial charge in [-0.15, -0.1) is 0 Å². The zero-order valence-corrected chi connectivity index (χ0v) is 9.01. The third-order valence-corrected chi connectivity index (χ3v) is 1.88. The number of carboxylic acid groups (broad SMARTS) is 1. The first kappa shape index (κ1) is 13.5. The molecule has 0 atom stereocenters. The number of rotatable bonds is 4. The van der Waals surface area contributed by atoms with Gasteiger partial charge < -0.3 is 10.4 Å². The molecule has 5 nitrogen and oxygen atoms in total. The molecule has 0 bridgehead atoms. The van der Waals surface area contributed by atoms with Crippen molar-refractivity contribution in [1.82, 2.24) is 9.97 Å². The zero-order chi connectivity index (χ0) is 13.1. The van der Waals surface area contributed by atoms with Gasteiger partial charge in [-0.1, -0.05) is 0 Å². The van der Waals surface area contributed by atoms with Crippen molar-refractivity contribution in [2.45, 2.75) is 12.6 Å². The molecule has 0 spiro atoms. The van der Waals surface area contributed by atoms with Crippen LogP contribution in [-0.4, -0.2) is 27.6 Å². The topological polar surface area (TPSA) is 75.1 Å². The van der Waals surface area contributed by atoms with E-state index in [1.165, 1.54) is 0 Å². The second kappa shape index (κ2) is 5.17. The van der Waals surface area contributed by atoms with Crippen LogP contribution in [0.3, 0.4) is 0 Å². The SMILES string of the molecule is O=C(O)CCNc1nc(Cl)ncc1C(F)(F)F. The lowest BCUT2D eigenvalue weighted by Gasteiger charge is -2.12. The monoisotopic (exact) mass is 269 g/mol. The van der Waals surface area contributed by atoms with Crippen LogP contribution in [0.15, 0.2) is 6.20 Å². The molecule has 2 N–H and O–H groups in total. The zero-order valence-electron chi connectivity index (χ0n) is 8.25. The highest BCUT2D eigenvalue weighted by molar-refractivity contribution is 6.28. The Labute approximate surface area is 98.6 Å². The Kier molecular flexibility index (Phi) is 4.11. The van der Waals surface area contributed by atoms with Crippen LogP contribution in [-0.2, 0) is 11.0 Å². The molecule has 0 fully saturated rings. The van der Waals surface area contributed by atoms with E-state index in [0.717, 1.165) is 0 Å². The maximum Gasteiger partial charge on any atom is 0.421 e. The summed E-state index contributed by atoms with van der Waals surface area (Å²) in [4.78, 5) is 16.8. The fraction of sp³-hybridized carbons (Fsp3) is 0.375. The van der Waals surface area contributed by atoms with E-state index in [2.05, 4.69) is 15.3 Å². The molecule has 9 heteroatoms. The molecular weight excluding hydrogens is 263 g/mol. The van der Waals surface area contributed by atoms with Crippen LogP contribution in [0, 0.1) is 0 Å². The van der Waals surface area contributed by atoms with E-state index in [4.69, 9.17) is 16.7 Å². The number of hydrogen-bond acceptors (Lipinski definition) is 4. The van der Waals surface area contributed by atoms with Gasteiger partial charge in [0.15, 0.2) is 0 Å². The Balaban J connectivity index is 2.88. The first-order valence-electron chi connectivity index (χ1n) is 4.36. The first-order valence-corrected chi connectivity index (χ1v) is 4.74. The number of nitrogens with zero attached hydrogens (tertiary/aromatic N) is 2. The summed E-state index contributed by atoms with van der Waals surface area (Å²) in [5, 5.41) is 10.3. The van der Waals surface area contributed by atoms with Crippen LogP contribution in [0.4, 0.5) is 19.0 Å². The Morgan fingerprint density at radius 1 is 1.53 bits per heavy atom. The highest BCUT2D eigenvalue weighted by atomic mass is 35.5. The number of alkyl halides is 3. The van der Waals surface area contributed by atoms with Gasteiger partial charge in [0.05, 0.1) is 6.42 Å². The Hall–Kier alpha value is -1.57. The van der Waals surface area contributed by atoms with Crippen molar-refractivity contribution >= 4 is 23.4 Å². The largest absolute Gasteiger partial charge is 0.481 e. The Bertz CT molecular complexity index is 425. The third-order valence-electron chi connectivity index (χ3n) is 1.70. The van der Waals surface area contributed by atoms with Crippen molar-refractivity contribution in [3.05, 3.63) is 17.0 Å². The van der Waals surface area contributed by atoms with Gasteiger partial charge in [-0.3, -0.25) is 4.79 Å². The predicted octanol–water partition coefficient (Wildman–Crippen LogP) is 2.04. The average Bonchev–Trinajstić information content (AvgIpc) is 2.15. The van der Waals surface area contributed by atoms with Crippen molar-refractivity contribution in [2.75, 3.05) is 11.9 Å². The quantitative estimate of drug-likeness (QED) is 0.818. The molecule has 0 aliphatic heterocycles. The average molecular weight is 270 g/mol. The van der Waals surface area contributed by atoms with Crippen molar-refractivity contribution in [1.29, 1.82) is 0 Å². The normalized spacial score (nSPS) is 11.3. The maximum absolute atomic E-state index is 12.5. The molecule has 0 unspecified atom stereocenters. The van der Waals surface area contributed by atoms with Crippen LogP contribution in [0.2, 0.25) is 5.28 Å². The van der Waals surface area contributed by atoms with E-state index in [-0.39, 0.29) is 18.2 Å². The lowest BCUT2D eigenvalue weighted by Crippen LogP contribution is -2.15. The summed E-state index contributed by atoms with van der Waals surface area (Å²) >= 11 is 5.36. The van der Waals surface area contributed by atoms with Gasteiger partial charge in [0.2, 0.25) is 5.28 Å². The number of aromatic nitrogens is 2. The molecule has 0 saturated heterocycles. The molecule has 0 aliphatic rings. The summed E-state index contributed by atoms with van der Waals surface area (Å²) in [5.41, 5.74) is -1.09. The Morgan fingerprint density at radius 3 is 2.71 bits per heavy atom. The molecule has 0 radical (unpaired) electrons. The second-order valence-corrected chi connectivity index (χ2v) is 3.31. The molecule has 1 heterocycles. The molecular formula is C8H7ClF3N3O2. The summed E-state index contributed by atoms with van der Waals surface area (Å²) in [6.07, 6.45) is -4.42. The van der Waals surface area contributed by atoms with Gasteiger partial charge in [-0.05, 0) is 11.6 Å². The summed E-state index contributed by atoms with van der Waals surface area (Å²) in [6, 6.07) is 0. The first-order chi connectivity index (χ1) is 7.80. The molecule has 17 heavy (non-hydrogen) atoms. The lowest BCUT2D eigenvalue weighted by molar-refractivity contribution is -0.137. The van der Waals surface area contributed by atoms with Gasteiger partial charge in [0.25, 0.3) is 0 Å². The fourth-order valence-corrected chi connectivity index (χ4v) is 1.12. The second-order valence-electron chi connectivity index (χ2n) is 2.97. The van der Waals surface area contributed by atoms with Crippen molar-refractivity contribution in [2.24, 2.45) is 0 Å². The number of nitrogens with one attached hydrogen (secondary N) is 1. The molecule has 0 aromatic carbocycles. The smallest absolute Gasteiger partial charge is 0.421 e. The molecule has 94 valence electrons. The van der Waals surface area contributed by atoms with E-state index >= 15 is 0 Å². The van der Waals surface area contributed by atoms with Crippen LogP contribution in [0.1, 0.15) is 12.0 Å². The number of carbonyl (C=O) groups is 1. The molecule has 1 aromatic rings. The standard InChI is InChI=1S/C8H7ClF3N3O2/c9-7-14-3-4(8(10,11)12)6(15-7)13-2-1-5(16)17/h3H,1-2H2,(H,16,17)(H,13,14,15). The molecule has 0 amide bonds. The van der Waals surface area contributed by atoms with Crippen molar-refractivity contribution in [3.63, 3.8) is 0 Å². The minimum Gasteiger partial charge on any atom is -0.481 e. The molecule has 1 aromatic heterocycles. The van der Waals surface area contributed by atoms with Gasteiger partial charge in [0, 0.05) is 12.7 Å². The molecule has 0 aliphatic carbocycles. The van der Waals surface area contributed by atoms with Crippen LogP contribution >= 0.6 is 11.6 Å². The number of carboxylic acids is 1. The van der Waals surface area contributed by atoms with Gasteiger partial charge in [-0.25, -0.2) is 9.97 Å². The van der Waals surface area contributed by atoms with E-state index in [0.29, 0.717) is 6.20 Å². The van der Waals surface area contributed by atoms with Crippen molar-refractivity contribution < 1.29 is 23.1 Å². The fourth-order valence-electron chi connectivity index (χ4n) is 0.990. The number of hydrogen-bond donors (Lipinski definition) is 2. The van der Waals surface area contributed by atoms with E-state index in [1.54, 1.807) is 0 Å². The predicted molar refractivity (Wildman–Crippen MR) is 52.8 cm³/mol. The van der Waals surface area contributed by atoms with Gasteiger partial charge >= 0.3 is 12.1 Å². The van der Waals surface area contributed by atoms with Crippen LogP contribution < -0.4 is 5.32 Å². The number of halogens is 4. The third kappa shape index (κ3) is 4.06. The lowest BCUT2D eigenvalue weighted by atomic mass is 10.3. The summed E-state index contributed by atoms with van der Waals surface area (Å²) in [6.45, 7) is -0.189. The molecule has 0 saturated carbocycles. The van der Waals surface area contributed by atoms with Crippen molar-refractivity contribution in [3.8, 4) is 0 Å². The van der Waals surface area contributed by atoms with E-state index in [9.17, 15) is 18.0 Å². The highest BCUT2D eigenvalue weighted by Crippen LogP contribution is 2.33. The van der Waals surface area contributed by atoms with E-state index < -0.39 is 23.5 Å². The summed E-state index contributed by atoms with van der Waals surface area (Å²) < 4.78 is 37.5. The van der Waals surface area contributed by atoms with E-state index in [1.807, 2.05) is 0 Å². The minimum atomic E-state index is -4.63.